The lowest BCUT2D eigenvalue weighted by atomic mass is 10.1. The molecule has 0 aliphatic carbocycles. The number of benzene rings is 1. The van der Waals surface area contributed by atoms with Crippen LogP contribution in [0.1, 0.15) is 12.8 Å². The van der Waals surface area contributed by atoms with Gasteiger partial charge in [0.15, 0.2) is 0 Å². The second kappa shape index (κ2) is 7.69. The van der Waals surface area contributed by atoms with Crippen molar-refractivity contribution in [1.82, 2.24) is 10.0 Å². The summed E-state index contributed by atoms with van der Waals surface area (Å²) in [4.78, 5) is 9.97. The van der Waals surface area contributed by atoms with E-state index in [2.05, 4.69) is 10.0 Å². The number of nitrogens with zero attached hydrogens (tertiary/aromatic N) is 1. The van der Waals surface area contributed by atoms with Gasteiger partial charge in [-0.05, 0) is 37.9 Å². The average molecular weight is 336 g/mol. The number of nitrogens with one attached hydrogen (secondary N) is 2. The fourth-order valence-electron chi connectivity index (χ4n) is 2.21. The first-order chi connectivity index (χ1) is 9.49. The summed E-state index contributed by atoms with van der Waals surface area (Å²) >= 11 is 0. The molecule has 0 bridgehead atoms. The SMILES string of the molecule is Cl.O=[N+]([O-])c1cccc(S(=O)(=O)NCCC2CCNC2)c1. The number of hydrogen-bond donors (Lipinski definition) is 2. The van der Waals surface area contributed by atoms with E-state index in [1.807, 2.05) is 0 Å². The zero-order valence-electron chi connectivity index (χ0n) is 11.3. The monoisotopic (exact) mass is 335 g/mol. The average Bonchev–Trinajstić information content (AvgIpc) is 2.92. The third-order valence-electron chi connectivity index (χ3n) is 3.35. The number of sulfonamides is 1. The molecule has 0 radical (unpaired) electrons. The van der Waals surface area contributed by atoms with Gasteiger partial charge in [0.1, 0.15) is 0 Å². The van der Waals surface area contributed by atoms with Gasteiger partial charge in [-0.15, -0.1) is 12.4 Å². The number of non-ortho nitro benzene ring substituents is 1. The molecule has 9 heteroatoms. The Kier molecular flexibility index (Phi) is 6.53. The molecule has 2 rings (SSSR count). The van der Waals surface area contributed by atoms with Gasteiger partial charge in [0.25, 0.3) is 5.69 Å². The third-order valence-corrected chi connectivity index (χ3v) is 4.80. The summed E-state index contributed by atoms with van der Waals surface area (Å²) in [6, 6.07) is 5.06. The van der Waals surface area contributed by atoms with Crippen LogP contribution in [0, 0.1) is 16.0 Å². The van der Waals surface area contributed by atoms with Gasteiger partial charge in [-0.3, -0.25) is 10.1 Å². The molecular formula is C12H18ClN3O4S. The van der Waals surface area contributed by atoms with Gasteiger partial charge in [-0.25, -0.2) is 13.1 Å². The molecule has 0 spiro atoms. The molecule has 1 aliphatic rings. The topological polar surface area (TPSA) is 101 Å². The smallest absolute Gasteiger partial charge is 0.270 e. The molecule has 1 heterocycles. The Morgan fingerprint density at radius 2 is 2.19 bits per heavy atom. The molecule has 0 saturated carbocycles. The Morgan fingerprint density at radius 3 is 2.81 bits per heavy atom. The van der Waals surface area contributed by atoms with Crippen molar-refractivity contribution in [2.24, 2.45) is 5.92 Å². The van der Waals surface area contributed by atoms with E-state index in [0.29, 0.717) is 12.5 Å². The van der Waals surface area contributed by atoms with Gasteiger partial charge < -0.3 is 5.32 Å². The van der Waals surface area contributed by atoms with Crippen molar-refractivity contribution in [2.45, 2.75) is 17.7 Å². The quantitative estimate of drug-likeness (QED) is 0.602. The third kappa shape index (κ3) is 4.92. The number of nitro benzene ring substituents is 1. The van der Waals surface area contributed by atoms with Gasteiger partial charge >= 0.3 is 0 Å². The number of halogens is 1. The predicted molar refractivity (Wildman–Crippen MR) is 81.1 cm³/mol. The number of hydrogen-bond acceptors (Lipinski definition) is 5. The van der Waals surface area contributed by atoms with Crippen LogP contribution in [0.3, 0.4) is 0 Å². The molecule has 0 amide bonds. The van der Waals surface area contributed by atoms with Crippen LogP contribution >= 0.6 is 12.4 Å². The van der Waals surface area contributed by atoms with Crippen LogP contribution in [-0.4, -0.2) is 33.0 Å². The van der Waals surface area contributed by atoms with Crippen molar-refractivity contribution in [3.05, 3.63) is 34.4 Å². The van der Waals surface area contributed by atoms with E-state index in [9.17, 15) is 18.5 Å². The Balaban J connectivity index is 0.00000220. The standard InChI is InChI=1S/C12H17N3O4S.ClH/c16-15(17)11-2-1-3-12(8-11)20(18,19)14-7-5-10-4-6-13-9-10;/h1-3,8,10,13-14H,4-7,9H2;1H. The summed E-state index contributed by atoms with van der Waals surface area (Å²) in [6.45, 7) is 2.23. The Morgan fingerprint density at radius 1 is 1.43 bits per heavy atom. The fraction of sp³-hybridized carbons (Fsp3) is 0.500. The molecule has 1 saturated heterocycles. The summed E-state index contributed by atoms with van der Waals surface area (Å²) in [6.07, 6.45) is 1.82. The summed E-state index contributed by atoms with van der Waals surface area (Å²) in [5.74, 6) is 0.489. The molecule has 118 valence electrons. The first-order valence-corrected chi connectivity index (χ1v) is 7.92. The van der Waals surface area contributed by atoms with Crippen molar-refractivity contribution < 1.29 is 13.3 Å². The number of rotatable bonds is 6. The normalized spacial score (nSPS) is 18.2. The van der Waals surface area contributed by atoms with Crippen LogP contribution in [0.2, 0.25) is 0 Å². The lowest BCUT2D eigenvalue weighted by molar-refractivity contribution is -0.385. The predicted octanol–water partition coefficient (Wildman–Crippen LogP) is 1.29. The Hall–Kier alpha value is -1.22. The molecule has 0 aromatic heterocycles. The molecule has 7 nitrogen and oxygen atoms in total. The molecule has 2 N–H and O–H groups in total. The summed E-state index contributed by atoms with van der Waals surface area (Å²) in [7, 11) is -3.68. The fourth-order valence-corrected chi connectivity index (χ4v) is 3.29. The molecule has 1 aliphatic heterocycles. The largest absolute Gasteiger partial charge is 0.316 e. The second-order valence-electron chi connectivity index (χ2n) is 4.80. The van der Waals surface area contributed by atoms with Crippen molar-refractivity contribution in [2.75, 3.05) is 19.6 Å². The molecule has 1 fully saturated rings. The number of nitro groups is 1. The maximum atomic E-state index is 12.0. The summed E-state index contributed by atoms with van der Waals surface area (Å²) in [5.41, 5.74) is -0.229. The van der Waals surface area contributed by atoms with E-state index in [1.165, 1.54) is 18.2 Å². The minimum atomic E-state index is -3.68. The summed E-state index contributed by atoms with van der Waals surface area (Å²) in [5, 5.41) is 13.9. The minimum absolute atomic E-state index is 0. The van der Waals surface area contributed by atoms with E-state index in [4.69, 9.17) is 0 Å². The molecule has 1 atom stereocenters. The zero-order chi connectivity index (χ0) is 14.6. The highest BCUT2D eigenvalue weighted by atomic mass is 35.5. The second-order valence-corrected chi connectivity index (χ2v) is 6.57. The molecular weight excluding hydrogens is 318 g/mol. The zero-order valence-corrected chi connectivity index (χ0v) is 13.0. The van der Waals surface area contributed by atoms with Crippen LogP contribution in [0.25, 0.3) is 0 Å². The molecule has 1 aromatic rings. The van der Waals surface area contributed by atoms with Gasteiger partial charge in [-0.1, -0.05) is 6.07 Å². The molecule has 1 aromatic carbocycles. The van der Waals surface area contributed by atoms with Crippen molar-refractivity contribution >= 4 is 28.1 Å². The molecule has 21 heavy (non-hydrogen) atoms. The molecule has 1 unspecified atom stereocenters. The van der Waals surface area contributed by atoms with Crippen molar-refractivity contribution in [1.29, 1.82) is 0 Å². The first-order valence-electron chi connectivity index (χ1n) is 6.44. The Bertz CT molecular complexity index is 588. The van der Waals surface area contributed by atoms with E-state index in [-0.39, 0.29) is 23.0 Å². The van der Waals surface area contributed by atoms with Crippen LogP contribution in [0.4, 0.5) is 5.69 Å². The summed E-state index contributed by atoms with van der Waals surface area (Å²) < 4.78 is 26.6. The van der Waals surface area contributed by atoms with Crippen LogP contribution in [0.5, 0.6) is 0 Å². The van der Waals surface area contributed by atoms with Crippen molar-refractivity contribution in [3.8, 4) is 0 Å². The highest BCUT2D eigenvalue weighted by Gasteiger charge is 2.19. The van der Waals surface area contributed by atoms with E-state index in [0.717, 1.165) is 32.0 Å². The van der Waals surface area contributed by atoms with Crippen LogP contribution in [0.15, 0.2) is 29.2 Å². The van der Waals surface area contributed by atoms with Crippen LogP contribution in [-0.2, 0) is 10.0 Å². The highest BCUT2D eigenvalue weighted by Crippen LogP contribution is 2.17. The van der Waals surface area contributed by atoms with Crippen molar-refractivity contribution in [3.63, 3.8) is 0 Å². The Labute approximate surface area is 129 Å². The van der Waals surface area contributed by atoms with E-state index >= 15 is 0 Å². The van der Waals surface area contributed by atoms with Gasteiger partial charge in [0, 0.05) is 18.7 Å². The van der Waals surface area contributed by atoms with Crippen LogP contribution < -0.4 is 10.0 Å². The highest BCUT2D eigenvalue weighted by molar-refractivity contribution is 7.89. The lowest BCUT2D eigenvalue weighted by Crippen LogP contribution is -2.26. The van der Waals surface area contributed by atoms with Gasteiger partial charge in [0.2, 0.25) is 10.0 Å². The minimum Gasteiger partial charge on any atom is -0.316 e. The van der Waals surface area contributed by atoms with E-state index in [1.54, 1.807) is 0 Å². The maximum absolute atomic E-state index is 12.0. The lowest BCUT2D eigenvalue weighted by Gasteiger charge is -2.10. The van der Waals surface area contributed by atoms with Gasteiger partial charge in [0.05, 0.1) is 9.82 Å². The van der Waals surface area contributed by atoms with E-state index < -0.39 is 14.9 Å². The maximum Gasteiger partial charge on any atom is 0.270 e. The first kappa shape index (κ1) is 17.8. The van der Waals surface area contributed by atoms with Gasteiger partial charge in [-0.2, -0.15) is 0 Å².